The standard InChI is InChI=1S/C32H44N2O5S/c1-7-8-18-40-25-19-26(33-21-25)28(35)38-29(36)27(34-30(37)39-31(2,3)4)32(5,6)20-22-14-16-24(17-15-22)23-12-10-9-11-13-23/h9-17,25-27,33H,7-8,18-21H2,1-6H3,(H,34,37)/t25?,26?,27-/m1/s1. The molecular weight excluding hydrogens is 524 g/mol. The lowest BCUT2D eigenvalue weighted by molar-refractivity contribution is -0.164. The van der Waals surface area contributed by atoms with Gasteiger partial charge in [-0.2, -0.15) is 11.8 Å². The zero-order chi connectivity index (χ0) is 29.3. The van der Waals surface area contributed by atoms with Gasteiger partial charge in [0.2, 0.25) is 0 Å². The molecular formula is C32H44N2O5S. The number of hydrogen-bond donors (Lipinski definition) is 2. The Morgan fingerprint density at radius 2 is 1.65 bits per heavy atom. The van der Waals surface area contributed by atoms with Gasteiger partial charge in [0.1, 0.15) is 17.7 Å². The van der Waals surface area contributed by atoms with Gasteiger partial charge >= 0.3 is 18.0 Å². The van der Waals surface area contributed by atoms with Gasteiger partial charge < -0.3 is 20.1 Å². The van der Waals surface area contributed by atoms with E-state index >= 15 is 0 Å². The molecule has 1 aliphatic heterocycles. The SMILES string of the molecule is CCCCSC1CNC(C(=O)OC(=O)[C@@H](NC(=O)OC(C)(C)C)C(C)(C)Cc2ccc(-c3ccccc3)cc2)C1. The number of thioether (sulfide) groups is 1. The van der Waals surface area contributed by atoms with Crippen LogP contribution in [-0.4, -0.2) is 53.3 Å². The third-order valence-corrected chi connectivity index (χ3v) is 8.18. The molecule has 2 unspecified atom stereocenters. The molecule has 0 spiro atoms. The molecule has 3 atom stereocenters. The molecule has 218 valence electrons. The van der Waals surface area contributed by atoms with Crippen LogP contribution >= 0.6 is 11.8 Å². The molecule has 0 bridgehead atoms. The summed E-state index contributed by atoms with van der Waals surface area (Å²) in [6.45, 7) is 11.9. The van der Waals surface area contributed by atoms with E-state index in [0.717, 1.165) is 35.3 Å². The minimum atomic E-state index is -1.10. The van der Waals surface area contributed by atoms with Crippen LogP contribution in [0.25, 0.3) is 11.1 Å². The lowest BCUT2D eigenvalue weighted by Crippen LogP contribution is -2.54. The average molecular weight is 569 g/mol. The molecule has 0 radical (unpaired) electrons. The minimum Gasteiger partial charge on any atom is -0.444 e. The van der Waals surface area contributed by atoms with E-state index in [1.54, 1.807) is 20.8 Å². The van der Waals surface area contributed by atoms with Crippen LogP contribution in [0.3, 0.4) is 0 Å². The molecule has 1 aliphatic rings. The fourth-order valence-electron chi connectivity index (χ4n) is 4.71. The molecule has 40 heavy (non-hydrogen) atoms. The fourth-order valence-corrected chi connectivity index (χ4v) is 6.04. The Bertz CT molecular complexity index is 1130. The van der Waals surface area contributed by atoms with Gasteiger partial charge in [-0.3, -0.25) is 0 Å². The van der Waals surface area contributed by atoms with Crippen molar-refractivity contribution in [3.63, 3.8) is 0 Å². The Hall–Kier alpha value is -2.84. The van der Waals surface area contributed by atoms with Crippen LogP contribution in [0.2, 0.25) is 0 Å². The van der Waals surface area contributed by atoms with Gasteiger partial charge in [0.25, 0.3) is 0 Å². The number of hydrogen-bond acceptors (Lipinski definition) is 7. The van der Waals surface area contributed by atoms with Crippen molar-refractivity contribution in [2.24, 2.45) is 5.41 Å². The Balaban J connectivity index is 1.71. The summed E-state index contributed by atoms with van der Waals surface area (Å²) in [6.07, 6.45) is 2.61. The lowest BCUT2D eigenvalue weighted by atomic mass is 9.78. The number of benzene rings is 2. The van der Waals surface area contributed by atoms with Crippen molar-refractivity contribution in [2.75, 3.05) is 12.3 Å². The summed E-state index contributed by atoms with van der Waals surface area (Å²) in [5.41, 5.74) is 1.66. The molecule has 2 N–H and O–H groups in total. The van der Waals surface area contributed by atoms with Crippen LogP contribution in [0.15, 0.2) is 54.6 Å². The van der Waals surface area contributed by atoms with E-state index in [-0.39, 0.29) is 0 Å². The van der Waals surface area contributed by atoms with Crippen molar-refractivity contribution in [1.82, 2.24) is 10.6 Å². The van der Waals surface area contributed by atoms with Gasteiger partial charge in [0, 0.05) is 11.8 Å². The van der Waals surface area contributed by atoms with E-state index in [0.29, 0.717) is 24.6 Å². The molecule has 1 fully saturated rings. The zero-order valence-electron chi connectivity index (χ0n) is 24.6. The highest BCUT2D eigenvalue weighted by atomic mass is 32.2. The molecule has 2 aromatic rings. The van der Waals surface area contributed by atoms with Gasteiger partial charge in [-0.25, -0.2) is 14.4 Å². The Kier molecular flexibility index (Phi) is 11.2. The maximum Gasteiger partial charge on any atom is 0.408 e. The summed E-state index contributed by atoms with van der Waals surface area (Å²) in [4.78, 5) is 39.1. The highest BCUT2D eigenvalue weighted by molar-refractivity contribution is 7.99. The number of esters is 2. The van der Waals surface area contributed by atoms with Crippen molar-refractivity contribution < 1.29 is 23.9 Å². The van der Waals surface area contributed by atoms with E-state index in [9.17, 15) is 14.4 Å². The number of carbonyl (C=O) groups is 3. The summed E-state index contributed by atoms with van der Waals surface area (Å²) in [6, 6.07) is 16.6. The quantitative estimate of drug-likeness (QED) is 0.191. The molecule has 1 amide bonds. The number of rotatable bonds is 11. The molecule has 8 heteroatoms. The molecule has 1 saturated heterocycles. The van der Waals surface area contributed by atoms with E-state index in [1.807, 2.05) is 68.1 Å². The van der Waals surface area contributed by atoms with Crippen LogP contribution < -0.4 is 10.6 Å². The highest BCUT2D eigenvalue weighted by Gasteiger charge is 2.41. The smallest absolute Gasteiger partial charge is 0.408 e. The maximum atomic E-state index is 13.4. The van der Waals surface area contributed by atoms with Gasteiger partial charge in [0.05, 0.1) is 0 Å². The summed E-state index contributed by atoms with van der Waals surface area (Å²) in [5.74, 6) is -0.348. The lowest BCUT2D eigenvalue weighted by Gasteiger charge is -2.34. The monoisotopic (exact) mass is 568 g/mol. The Morgan fingerprint density at radius 3 is 2.27 bits per heavy atom. The van der Waals surface area contributed by atoms with Crippen LogP contribution in [0.1, 0.15) is 66.4 Å². The van der Waals surface area contributed by atoms with E-state index < -0.39 is 41.1 Å². The summed E-state index contributed by atoms with van der Waals surface area (Å²) in [7, 11) is 0. The third-order valence-electron chi connectivity index (χ3n) is 6.83. The van der Waals surface area contributed by atoms with Gasteiger partial charge in [-0.15, -0.1) is 0 Å². The number of carbonyl (C=O) groups excluding carboxylic acids is 3. The van der Waals surface area contributed by atoms with Gasteiger partial charge in [0.15, 0.2) is 0 Å². The topological polar surface area (TPSA) is 93.7 Å². The van der Waals surface area contributed by atoms with Gasteiger partial charge in [-0.1, -0.05) is 81.8 Å². The second-order valence-electron chi connectivity index (χ2n) is 12.1. The Labute approximate surface area is 243 Å². The molecule has 1 heterocycles. The average Bonchev–Trinajstić information content (AvgIpc) is 3.36. The first-order valence-corrected chi connectivity index (χ1v) is 15.2. The molecule has 0 aromatic heterocycles. The number of unbranched alkanes of at least 4 members (excludes halogenated alkanes) is 1. The minimum absolute atomic E-state index is 0.310. The van der Waals surface area contributed by atoms with E-state index in [2.05, 4.69) is 29.7 Å². The van der Waals surface area contributed by atoms with E-state index in [1.165, 1.54) is 0 Å². The second kappa shape index (κ2) is 14.2. The zero-order valence-corrected chi connectivity index (χ0v) is 25.4. The van der Waals surface area contributed by atoms with Crippen LogP contribution in [0.5, 0.6) is 0 Å². The highest BCUT2D eigenvalue weighted by Crippen LogP contribution is 2.30. The molecule has 2 aromatic carbocycles. The second-order valence-corrected chi connectivity index (χ2v) is 13.5. The summed E-state index contributed by atoms with van der Waals surface area (Å²) < 4.78 is 10.8. The van der Waals surface area contributed by atoms with Crippen molar-refractivity contribution in [2.45, 2.75) is 90.2 Å². The normalized spacial score (nSPS) is 18.1. The molecule has 0 saturated carbocycles. The van der Waals surface area contributed by atoms with Crippen LogP contribution in [0.4, 0.5) is 4.79 Å². The predicted molar refractivity (Wildman–Crippen MR) is 161 cm³/mol. The van der Waals surface area contributed by atoms with Crippen molar-refractivity contribution in [1.29, 1.82) is 0 Å². The summed E-state index contributed by atoms with van der Waals surface area (Å²) >= 11 is 1.84. The first-order chi connectivity index (χ1) is 18.9. The molecule has 7 nitrogen and oxygen atoms in total. The fraction of sp³-hybridized carbons (Fsp3) is 0.531. The first kappa shape index (κ1) is 31.7. The number of nitrogens with one attached hydrogen (secondary N) is 2. The Morgan fingerprint density at radius 1 is 1.00 bits per heavy atom. The largest absolute Gasteiger partial charge is 0.444 e. The van der Waals surface area contributed by atoms with Crippen molar-refractivity contribution in [3.05, 3.63) is 60.2 Å². The molecule has 0 aliphatic carbocycles. The third kappa shape index (κ3) is 9.66. The van der Waals surface area contributed by atoms with Crippen LogP contribution in [0, 0.1) is 5.41 Å². The first-order valence-electron chi connectivity index (χ1n) is 14.1. The van der Waals surface area contributed by atoms with Crippen molar-refractivity contribution in [3.8, 4) is 11.1 Å². The molecule has 3 rings (SSSR count). The van der Waals surface area contributed by atoms with E-state index in [4.69, 9.17) is 9.47 Å². The predicted octanol–water partition coefficient (Wildman–Crippen LogP) is 6.15. The maximum absolute atomic E-state index is 13.4. The van der Waals surface area contributed by atoms with Gasteiger partial charge in [-0.05, 0) is 67.9 Å². The number of amides is 1. The van der Waals surface area contributed by atoms with Crippen LogP contribution in [-0.2, 0) is 25.5 Å². The number of ether oxygens (including phenoxy) is 2. The van der Waals surface area contributed by atoms with Crippen molar-refractivity contribution >= 4 is 29.8 Å². The number of alkyl carbamates (subject to hydrolysis) is 1. The summed E-state index contributed by atoms with van der Waals surface area (Å²) in [5, 5.41) is 6.20.